The molecule has 2 atom stereocenters. The summed E-state index contributed by atoms with van der Waals surface area (Å²) in [6, 6.07) is 7.47. The molecule has 19 heavy (non-hydrogen) atoms. The molecule has 0 aromatic heterocycles. The molecule has 2 unspecified atom stereocenters. The second kappa shape index (κ2) is 6.71. The van der Waals surface area contributed by atoms with E-state index in [0.29, 0.717) is 5.92 Å². The maximum Gasteiger partial charge on any atom is 0.244 e. The first kappa shape index (κ1) is 15.7. The first-order valence-corrected chi connectivity index (χ1v) is 6.91. The fourth-order valence-electron chi connectivity index (χ4n) is 2.19. The minimum absolute atomic E-state index is 0.0167. The van der Waals surface area contributed by atoms with E-state index < -0.39 is 6.04 Å². The third-order valence-corrected chi connectivity index (χ3v) is 3.52. The Balaban J connectivity index is 2.73. The third kappa shape index (κ3) is 4.35. The van der Waals surface area contributed by atoms with Gasteiger partial charge in [0.2, 0.25) is 5.91 Å². The summed E-state index contributed by atoms with van der Waals surface area (Å²) in [7, 11) is 1.84. The Kier molecular flexibility index (Phi) is 5.55. The van der Waals surface area contributed by atoms with Crippen LogP contribution in [0.2, 0.25) is 0 Å². The second-order valence-electron chi connectivity index (χ2n) is 5.82. The Morgan fingerprint density at radius 1 is 1.21 bits per heavy atom. The van der Waals surface area contributed by atoms with Gasteiger partial charge in [0.25, 0.3) is 0 Å². The van der Waals surface area contributed by atoms with Crippen molar-refractivity contribution in [2.75, 3.05) is 7.05 Å². The molecule has 2 N–H and O–H groups in total. The molecule has 0 bridgehead atoms. The molecule has 0 aliphatic carbocycles. The fraction of sp³-hybridized carbons (Fsp3) is 0.562. The summed E-state index contributed by atoms with van der Waals surface area (Å²) in [5.74, 6) is 0.554. The lowest BCUT2D eigenvalue weighted by atomic mass is 10.0. The van der Waals surface area contributed by atoms with Crippen LogP contribution in [0.15, 0.2) is 24.3 Å². The van der Waals surface area contributed by atoms with E-state index in [4.69, 9.17) is 5.73 Å². The minimum Gasteiger partial charge on any atom is -0.341 e. The van der Waals surface area contributed by atoms with Crippen LogP contribution in [-0.4, -0.2) is 23.9 Å². The van der Waals surface area contributed by atoms with E-state index in [1.54, 1.807) is 4.90 Å². The zero-order valence-electron chi connectivity index (χ0n) is 12.7. The largest absolute Gasteiger partial charge is 0.341 e. The lowest BCUT2D eigenvalue weighted by Gasteiger charge is -2.29. The first-order valence-electron chi connectivity index (χ1n) is 6.91. The lowest BCUT2D eigenvalue weighted by molar-refractivity contribution is -0.133. The molecule has 3 nitrogen and oxygen atoms in total. The smallest absolute Gasteiger partial charge is 0.244 e. The molecule has 1 aromatic carbocycles. The standard InChI is InChI=1S/C16H26N2O/c1-11(2)10-13(4)18(5)16(19)15(17)14-8-6-12(3)7-9-14/h6-9,11,13,15H,10,17H2,1-5H3. The number of nitrogens with two attached hydrogens (primary N) is 1. The molecule has 106 valence electrons. The van der Waals surface area contributed by atoms with E-state index in [-0.39, 0.29) is 11.9 Å². The highest BCUT2D eigenvalue weighted by molar-refractivity contribution is 5.83. The van der Waals surface area contributed by atoms with E-state index in [0.717, 1.165) is 12.0 Å². The van der Waals surface area contributed by atoms with Crippen molar-refractivity contribution in [3.8, 4) is 0 Å². The summed E-state index contributed by atoms with van der Waals surface area (Å²) in [5.41, 5.74) is 8.11. The van der Waals surface area contributed by atoms with Gasteiger partial charge in [0.15, 0.2) is 0 Å². The van der Waals surface area contributed by atoms with Gasteiger partial charge in [0, 0.05) is 13.1 Å². The van der Waals surface area contributed by atoms with Gasteiger partial charge in [0.1, 0.15) is 6.04 Å². The van der Waals surface area contributed by atoms with Gasteiger partial charge in [-0.25, -0.2) is 0 Å². The van der Waals surface area contributed by atoms with Gasteiger partial charge < -0.3 is 10.6 Å². The van der Waals surface area contributed by atoms with E-state index >= 15 is 0 Å². The highest BCUT2D eigenvalue weighted by atomic mass is 16.2. The summed E-state index contributed by atoms with van der Waals surface area (Å²) >= 11 is 0. The lowest BCUT2D eigenvalue weighted by Crippen LogP contribution is -2.41. The zero-order valence-corrected chi connectivity index (χ0v) is 12.7. The zero-order chi connectivity index (χ0) is 14.6. The van der Waals surface area contributed by atoms with Crippen LogP contribution in [0.4, 0.5) is 0 Å². The number of aryl methyl sites for hydroxylation is 1. The fourth-order valence-corrected chi connectivity index (χ4v) is 2.19. The topological polar surface area (TPSA) is 46.3 Å². The summed E-state index contributed by atoms with van der Waals surface area (Å²) in [4.78, 5) is 14.1. The van der Waals surface area contributed by atoms with Crippen molar-refractivity contribution in [1.82, 2.24) is 4.90 Å². The van der Waals surface area contributed by atoms with Crippen LogP contribution in [0.3, 0.4) is 0 Å². The molecule has 0 aliphatic heterocycles. The van der Waals surface area contributed by atoms with Gasteiger partial charge in [-0.3, -0.25) is 4.79 Å². The number of hydrogen-bond acceptors (Lipinski definition) is 2. The van der Waals surface area contributed by atoms with Crippen molar-refractivity contribution < 1.29 is 4.79 Å². The van der Waals surface area contributed by atoms with Crippen molar-refractivity contribution in [2.24, 2.45) is 11.7 Å². The average molecular weight is 262 g/mol. The monoisotopic (exact) mass is 262 g/mol. The number of amides is 1. The van der Waals surface area contributed by atoms with Crippen LogP contribution < -0.4 is 5.73 Å². The number of rotatable bonds is 5. The normalized spacial score (nSPS) is 14.3. The first-order chi connectivity index (χ1) is 8.82. The molecule has 0 radical (unpaired) electrons. The highest BCUT2D eigenvalue weighted by Gasteiger charge is 2.23. The molecule has 0 fully saturated rings. The van der Waals surface area contributed by atoms with E-state index in [2.05, 4.69) is 20.8 Å². The van der Waals surface area contributed by atoms with Crippen molar-refractivity contribution in [3.63, 3.8) is 0 Å². The molecule has 0 saturated carbocycles. The Morgan fingerprint density at radius 2 is 1.74 bits per heavy atom. The summed E-state index contributed by atoms with van der Waals surface area (Å²) < 4.78 is 0. The van der Waals surface area contributed by atoms with Crippen LogP contribution in [0.1, 0.15) is 44.4 Å². The number of nitrogens with zero attached hydrogens (tertiary/aromatic N) is 1. The van der Waals surface area contributed by atoms with Crippen molar-refractivity contribution in [3.05, 3.63) is 35.4 Å². The number of carbonyl (C=O) groups is 1. The molecule has 0 saturated heterocycles. The van der Waals surface area contributed by atoms with Gasteiger partial charge in [0.05, 0.1) is 0 Å². The van der Waals surface area contributed by atoms with Crippen molar-refractivity contribution in [1.29, 1.82) is 0 Å². The van der Waals surface area contributed by atoms with Gasteiger partial charge >= 0.3 is 0 Å². The summed E-state index contributed by atoms with van der Waals surface area (Å²) in [5, 5.41) is 0. The van der Waals surface area contributed by atoms with Gasteiger partial charge in [-0.1, -0.05) is 43.7 Å². The number of carbonyl (C=O) groups excluding carboxylic acids is 1. The summed E-state index contributed by atoms with van der Waals surface area (Å²) in [6.07, 6.45) is 0.989. The van der Waals surface area contributed by atoms with E-state index in [9.17, 15) is 4.79 Å². The Labute approximate surface area is 116 Å². The predicted octanol–water partition coefficient (Wildman–Crippen LogP) is 2.89. The van der Waals surface area contributed by atoms with Gasteiger partial charge in [-0.15, -0.1) is 0 Å². The van der Waals surface area contributed by atoms with Crippen molar-refractivity contribution in [2.45, 2.75) is 46.2 Å². The molecular weight excluding hydrogens is 236 g/mol. The second-order valence-corrected chi connectivity index (χ2v) is 5.82. The van der Waals surface area contributed by atoms with Crippen LogP contribution >= 0.6 is 0 Å². The van der Waals surface area contributed by atoms with E-state index in [1.165, 1.54) is 5.56 Å². The molecule has 1 rings (SSSR count). The molecule has 0 heterocycles. The van der Waals surface area contributed by atoms with E-state index in [1.807, 2.05) is 38.2 Å². The Bertz CT molecular complexity index is 411. The molecule has 1 amide bonds. The SMILES string of the molecule is Cc1ccc(C(N)C(=O)N(C)C(C)CC(C)C)cc1. The quantitative estimate of drug-likeness (QED) is 0.887. The molecule has 0 spiro atoms. The highest BCUT2D eigenvalue weighted by Crippen LogP contribution is 2.17. The van der Waals surface area contributed by atoms with Crippen LogP contribution in [0.25, 0.3) is 0 Å². The third-order valence-electron chi connectivity index (χ3n) is 3.52. The molecule has 0 aliphatic rings. The van der Waals surface area contributed by atoms with Crippen LogP contribution in [-0.2, 0) is 4.79 Å². The maximum atomic E-state index is 12.4. The predicted molar refractivity (Wildman–Crippen MR) is 79.8 cm³/mol. The number of benzene rings is 1. The van der Waals surface area contributed by atoms with Gasteiger partial charge in [-0.05, 0) is 31.7 Å². The summed E-state index contributed by atoms with van der Waals surface area (Å²) in [6.45, 7) is 8.41. The van der Waals surface area contributed by atoms with Crippen molar-refractivity contribution >= 4 is 5.91 Å². The van der Waals surface area contributed by atoms with Crippen LogP contribution in [0, 0.1) is 12.8 Å². The molecule has 3 heteroatoms. The van der Waals surface area contributed by atoms with Crippen LogP contribution in [0.5, 0.6) is 0 Å². The van der Waals surface area contributed by atoms with Gasteiger partial charge in [-0.2, -0.15) is 0 Å². The number of hydrogen-bond donors (Lipinski definition) is 1. The molecule has 1 aromatic rings. The Hall–Kier alpha value is -1.35. The average Bonchev–Trinajstić information content (AvgIpc) is 2.36. The number of likely N-dealkylation sites (N-methyl/N-ethyl adjacent to an activating group) is 1. The molecular formula is C16H26N2O. The maximum absolute atomic E-state index is 12.4. The Morgan fingerprint density at radius 3 is 2.21 bits per heavy atom. The minimum atomic E-state index is -0.569.